The number of amides is 2. The number of rotatable bonds is 5. The van der Waals surface area contributed by atoms with Gasteiger partial charge in [-0.1, -0.05) is 11.3 Å². The highest BCUT2D eigenvalue weighted by atomic mass is 16.2. The molecule has 0 saturated heterocycles. The molecule has 1 N–H and O–H groups in total. The van der Waals surface area contributed by atoms with Crippen LogP contribution in [0.4, 0.5) is 5.69 Å². The van der Waals surface area contributed by atoms with Crippen molar-refractivity contribution in [3.63, 3.8) is 0 Å². The van der Waals surface area contributed by atoms with Crippen LogP contribution in [0.2, 0.25) is 0 Å². The molecule has 0 unspecified atom stereocenters. The summed E-state index contributed by atoms with van der Waals surface area (Å²) in [4.78, 5) is 30.3. The van der Waals surface area contributed by atoms with Gasteiger partial charge in [0, 0.05) is 43.9 Å². The SMILES string of the molecule is CN(Cc1cn(C)nn1)C(=O)c1cccc(NC(=O)c2cccnc2)c1. The molecular formula is C18H18N6O2. The molecular weight excluding hydrogens is 332 g/mol. The maximum Gasteiger partial charge on any atom is 0.257 e. The molecule has 0 aliphatic heterocycles. The summed E-state index contributed by atoms with van der Waals surface area (Å²) in [6.07, 6.45) is 4.84. The van der Waals surface area contributed by atoms with E-state index in [-0.39, 0.29) is 11.8 Å². The second-order valence-corrected chi connectivity index (χ2v) is 5.82. The van der Waals surface area contributed by atoms with Crippen LogP contribution in [-0.2, 0) is 13.6 Å². The number of hydrogen-bond acceptors (Lipinski definition) is 5. The fraction of sp³-hybridized carbons (Fsp3) is 0.167. The van der Waals surface area contributed by atoms with Crippen LogP contribution in [0.3, 0.4) is 0 Å². The summed E-state index contributed by atoms with van der Waals surface area (Å²) in [5.74, 6) is -0.455. The molecule has 3 aromatic rings. The van der Waals surface area contributed by atoms with Crippen LogP contribution in [-0.4, -0.2) is 43.7 Å². The van der Waals surface area contributed by atoms with Crippen LogP contribution in [0, 0.1) is 0 Å². The lowest BCUT2D eigenvalue weighted by molar-refractivity contribution is 0.0783. The summed E-state index contributed by atoms with van der Waals surface area (Å²) in [5.41, 5.74) is 2.16. The van der Waals surface area contributed by atoms with Crippen molar-refractivity contribution in [1.29, 1.82) is 0 Å². The Hall–Kier alpha value is -3.55. The Morgan fingerprint density at radius 2 is 2.00 bits per heavy atom. The number of pyridine rings is 1. The van der Waals surface area contributed by atoms with Gasteiger partial charge in [-0.3, -0.25) is 19.3 Å². The van der Waals surface area contributed by atoms with E-state index in [1.54, 1.807) is 72.5 Å². The van der Waals surface area contributed by atoms with Crippen LogP contribution >= 0.6 is 0 Å². The minimum absolute atomic E-state index is 0.173. The molecule has 8 nitrogen and oxygen atoms in total. The molecule has 0 aliphatic rings. The van der Waals surface area contributed by atoms with Crippen LogP contribution in [0.1, 0.15) is 26.4 Å². The molecule has 1 aromatic carbocycles. The number of anilines is 1. The fourth-order valence-electron chi connectivity index (χ4n) is 2.43. The molecule has 8 heteroatoms. The normalized spacial score (nSPS) is 10.4. The van der Waals surface area contributed by atoms with Gasteiger partial charge in [-0.05, 0) is 30.3 Å². The van der Waals surface area contributed by atoms with Gasteiger partial charge in [0.25, 0.3) is 11.8 Å². The zero-order chi connectivity index (χ0) is 18.5. The van der Waals surface area contributed by atoms with Crippen LogP contribution < -0.4 is 5.32 Å². The number of aromatic nitrogens is 4. The van der Waals surface area contributed by atoms with Crippen molar-refractivity contribution in [3.05, 3.63) is 71.8 Å². The predicted octanol–water partition coefficient (Wildman–Crippen LogP) is 1.73. The molecule has 3 rings (SSSR count). The second kappa shape index (κ2) is 7.56. The van der Waals surface area contributed by atoms with Gasteiger partial charge in [0.1, 0.15) is 5.69 Å². The summed E-state index contributed by atoms with van der Waals surface area (Å²) in [5, 5.41) is 10.6. The van der Waals surface area contributed by atoms with Crippen LogP contribution in [0.5, 0.6) is 0 Å². The highest BCUT2D eigenvalue weighted by molar-refractivity contribution is 6.04. The molecule has 26 heavy (non-hydrogen) atoms. The first kappa shape index (κ1) is 17.3. The van der Waals surface area contributed by atoms with E-state index in [0.717, 1.165) is 0 Å². The summed E-state index contributed by atoms with van der Waals surface area (Å²) in [6.45, 7) is 0.346. The number of carbonyl (C=O) groups excluding carboxylic acids is 2. The number of nitrogens with one attached hydrogen (secondary N) is 1. The van der Waals surface area contributed by atoms with E-state index >= 15 is 0 Å². The smallest absolute Gasteiger partial charge is 0.257 e. The van der Waals surface area contributed by atoms with Crippen molar-refractivity contribution in [2.75, 3.05) is 12.4 Å². The molecule has 0 bridgehead atoms. The van der Waals surface area contributed by atoms with E-state index in [4.69, 9.17) is 0 Å². The first-order chi connectivity index (χ1) is 12.5. The van der Waals surface area contributed by atoms with Crippen molar-refractivity contribution < 1.29 is 9.59 Å². The first-order valence-corrected chi connectivity index (χ1v) is 7.95. The molecule has 0 radical (unpaired) electrons. The van der Waals surface area contributed by atoms with E-state index in [9.17, 15) is 9.59 Å². The minimum Gasteiger partial charge on any atom is -0.336 e. The molecule has 2 amide bonds. The molecule has 132 valence electrons. The lowest BCUT2D eigenvalue weighted by atomic mass is 10.1. The average molecular weight is 350 g/mol. The van der Waals surface area contributed by atoms with Crippen LogP contribution in [0.15, 0.2) is 55.0 Å². The summed E-state index contributed by atoms with van der Waals surface area (Å²) in [7, 11) is 3.46. The van der Waals surface area contributed by atoms with Crippen molar-refractivity contribution in [2.45, 2.75) is 6.54 Å². The Labute approximate surface area is 150 Å². The van der Waals surface area contributed by atoms with E-state index in [0.29, 0.717) is 29.1 Å². The van der Waals surface area contributed by atoms with Gasteiger partial charge in [-0.15, -0.1) is 5.10 Å². The molecule has 0 saturated carbocycles. The fourth-order valence-corrected chi connectivity index (χ4v) is 2.43. The van der Waals surface area contributed by atoms with Gasteiger partial charge >= 0.3 is 0 Å². The van der Waals surface area contributed by atoms with Gasteiger partial charge in [-0.25, -0.2) is 0 Å². The van der Waals surface area contributed by atoms with Gasteiger partial charge in [0.15, 0.2) is 0 Å². The standard InChI is InChI=1S/C18H18N6O2/c1-23(11-16-12-24(2)22-21-16)18(26)13-5-3-7-15(9-13)20-17(25)14-6-4-8-19-10-14/h3-10,12H,11H2,1-2H3,(H,20,25). The first-order valence-electron chi connectivity index (χ1n) is 7.95. The Kier molecular flexibility index (Phi) is 5.02. The Morgan fingerprint density at radius 3 is 2.69 bits per heavy atom. The predicted molar refractivity (Wildman–Crippen MR) is 95.4 cm³/mol. The second-order valence-electron chi connectivity index (χ2n) is 5.82. The number of nitrogens with zero attached hydrogens (tertiary/aromatic N) is 5. The van der Waals surface area contributed by atoms with E-state index in [2.05, 4.69) is 20.6 Å². The van der Waals surface area contributed by atoms with E-state index in [1.807, 2.05) is 0 Å². The topological polar surface area (TPSA) is 93.0 Å². The van der Waals surface area contributed by atoms with E-state index < -0.39 is 0 Å². The lowest BCUT2D eigenvalue weighted by Crippen LogP contribution is -2.26. The summed E-state index contributed by atoms with van der Waals surface area (Å²) < 4.78 is 1.59. The van der Waals surface area contributed by atoms with Gasteiger partial charge in [0.2, 0.25) is 0 Å². The lowest BCUT2D eigenvalue weighted by Gasteiger charge is -2.16. The maximum atomic E-state index is 12.6. The number of aryl methyl sites for hydroxylation is 1. The molecule has 2 heterocycles. The monoisotopic (exact) mass is 350 g/mol. The number of carbonyl (C=O) groups is 2. The molecule has 2 aromatic heterocycles. The van der Waals surface area contributed by atoms with Crippen molar-refractivity contribution in [2.24, 2.45) is 7.05 Å². The third-order valence-corrected chi connectivity index (χ3v) is 3.69. The number of hydrogen-bond donors (Lipinski definition) is 1. The molecule has 0 atom stereocenters. The number of benzene rings is 1. The quantitative estimate of drug-likeness (QED) is 0.756. The zero-order valence-electron chi connectivity index (χ0n) is 14.5. The Bertz CT molecular complexity index is 922. The third-order valence-electron chi connectivity index (χ3n) is 3.69. The average Bonchev–Trinajstić information content (AvgIpc) is 3.06. The Balaban J connectivity index is 1.70. The Morgan fingerprint density at radius 1 is 1.19 bits per heavy atom. The third kappa shape index (κ3) is 4.10. The largest absolute Gasteiger partial charge is 0.336 e. The van der Waals surface area contributed by atoms with Crippen molar-refractivity contribution in [3.8, 4) is 0 Å². The highest BCUT2D eigenvalue weighted by Crippen LogP contribution is 2.14. The van der Waals surface area contributed by atoms with Crippen LogP contribution in [0.25, 0.3) is 0 Å². The van der Waals surface area contributed by atoms with Crippen molar-refractivity contribution >= 4 is 17.5 Å². The maximum absolute atomic E-state index is 12.6. The summed E-state index contributed by atoms with van der Waals surface area (Å²) in [6, 6.07) is 10.2. The molecule has 0 spiro atoms. The van der Waals surface area contributed by atoms with Gasteiger partial charge in [-0.2, -0.15) is 0 Å². The highest BCUT2D eigenvalue weighted by Gasteiger charge is 2.15. The zero-order valence-corrected chi connectivity index (χ0v) is 14.5. The summed E-state index contributed by atoms with van der Waals surface area (Å²) >= 11 is 0. The molecule has 0 fully saturated rings. The van der Waals surface area contributed by atoms with Crippen molar-refractivity contribution in [1.82, 2.24) is 24.9 Å². The van der Waals surface area contributed by atoms with Gasteiger partial charge in [0.05, 0.1) is 12.1 Å². The minimum atomic E-state index is -0.282. The van der Waals surface area contributed by atoms with Gasteiger partial charge < -0.3 is 10.2 Å². The molecule has 0 aliphatic carbocycles. The van der Waals surface area contributed by atoms with E-state index in [1.165, 1.54) is 6.20 Å².